The SMILES string of the molecule is CC1(Cl)CCC=C(CCl)C1. The van der Waals surface area contributed by atoms with Crippen molar-refractivity contribution in [1.82, 2.24) is 0 Å². The number of allylic oxidation sites excluding steroid dienone is 2. The predicted molar refractivity (Wildman–Crippen MR) is 46.9 cm³/mol. The lowest BCUT2D eigenvalue weighted by Gasteiger charge is -2.26. The maximum atomic E-state index is 6.15. The summed E-state index contributed by atoms with van der Waals surface area (Å²) in [7, 11) is 0. The van der Waals surface area contributed by atoms with Crippen LogP contribution >= 0.6 is 23.2 Å². The Morgan fingerprint density at radius 2 is 2.40 bits per heavy atom. The fourth-order valence-electron chi connectivity index (χ4n) is 1.31. The second kappa shape index (κ2) is 3.15. The summed E-state index contributed by atoms with van der Waals surface area (Å²) in [6, 6.07) is 0. The minimum absolute atomic E-state index is 0.0288. The normalized spacial score (nSPS) is 33.7. The number of hydrogen-bond acceptors (Lipinski definition) is 0. The highest BCUT2D eigenvalue weighted by Crippen LogP contribution is 2.33. The molecule has 0 amide bonds. The van der Waals surface area contributed by atoms with Crippen molar-refractivity contribution in [2.45, 2.75) is 31.1 Å². The van der Waals surface area contributed by atoms with Crippen LogP contribution < -0.4 is 0 Å². The number of rotatable bonds is 1. The third-order valence-corrected chi connectivity index (χ3v) is 2.53. The molecular weight excluding hydrogens is 167 g/mol. The van der Waals surface area contributed by atoms with Crippen molar-refractivity contribution in [3.63, 3.8) is 0 Å². The van der Waals surface area contributed by atoms with E-state index in [-0.39, 0.29) is 4.87 Å². The molecule has 0 aromatic rings. The van der Waals surface area contributed by atoms with Crippen LogP contribution in [0, 0.1) is 0 Å². The van der Waals surface area contributed by atoms with Crippen LogP contribution in [-0.2, 0) is 0 Å². The molecule has 2 heteroatoms. The molecule has 1 rings (SSSR count). The van der Waals surface area contributed by atoms with E-state index in [1.165, 1.54) is 5.57 Å². The molecule has 0 radical (unpaired) electrons. The van der Waals surface area contributed by atoms with Gasteiger partial charge in [-0.1, -0.05) is 11.6 Å². The zero-order valence-corrected chi connectivity index (χ0v) is 7.67. The summed E-state index contributed by atoms with van der Waals surface area (Å²) in [6.45, 7) is 2.08. The smallest absolute Gasteiger partial charge is 0.0459 e. The lowest BCUT2D eigenvalue weighted by atomic mass is 9.90. The van der Waals surface area contributed by atoms with Gasteiger partial charge in [0.2, 0.25) is 0 Å². The zero-order valence-electron chi connectivity index (χ0n) is 6.16. The van der Waals surface area contributed by atoms with Gasteiger partial charge in [0.05, 0.1) is 0 Å². The number of halogens is 2. The number of hydrogen-bond donors (Lipinski definition) is 0. The maximum absolute atomic E-state index is 6.15. The summed E-state index contributed by atoms with van der Waals surface area (Å²) in [5.41, 5.74) is 1.30. The standard InChI is InChI=1S/C8H12Cl2/c1-8(10)4-2-3-7(5-8)6-9/h3H,2,4-6H2,1H3. The van der Waals surface area contributed by atoms with Crippen molar-refractivity contribution in [2.24, 2.45) is 0 Å². The Balaban J connectivity index is 2.57. The molecule has 1 aliphatic carbocycles. The van der Waals surface area contributed by atoms with E-state index in [0.717, 1.165) is 19.3 Å². The van der Waals surface area contributed by atoms with Crippen LogP contribution in [-0.4, -0.2) is 10.8 Å². The highest BCUT2D eigenvalue weighted by atomic mass is 35.5. The molecule has 58 valence electrons. The van der Waals surface area contributed by atoms with Gasteiger partial charge < -0.3 is 0 Å². The average molecular weight is 179 g/mol. The average Bonchev–Trinajstić information content (AvgIpc) is 1.86. The molecule has 0 N–H and O–H groups in total. The molecule has 0 aromatic heterocycles. The predicted octanol–water partition coefficient (Wildman–Crippen LogP) is 3.33. The van der Waals surface area contributed by atoms with Gasteiger partial charge in [0, 0.05) is 10.8 Å². The Morgan fingerprint density at radius 1 is 1.70 bits per heavy atom. The van der Waals surface area contributed by atoms with Gasteiger partial charge in [-0.25, -0.2) is 0 Å². The van der Waals surface area contributed by atoms with E-state index in [4.69, 9.17) is 23.2 Å². The third-order valence-electron chi connectivity index (χ3n) is 1.87. The van der Waals surface area contributed by atoms with Gasteiger partial charge in [-0.05, 0) is 26.2 Å². The topological polar surface area (TPSA) is 0 Å². The molecule has 0 aromatic carbocycles. The van der Waals surface area contributed by atoms with Gasteiger partial charge in [-0.15, -0.1) is 23.2 Å². The fourth-order valence-corrected chi connectivity index (χ4v) is 1.80. The van der Waals surface area contributed by atoms with Gasteiger partial charge >= 0.3 is 0 Å². The molecule has 0 saturated carbocycles. The molecule has 1 atom stereocenters. The molecular formula is C8H12Cl2. The summed E-state index contributed by atoms with van der Waals surface area (Å²) in [6.07, 6.45) is 5.33. The lowest BCUT2D eigenvalue weighted by molar-refractivity contribution is 0.550. The van der Waals surface area contributed by atoms with Gasteiger partial charge in [-0.2, -0.15) is 0 Å². The highest BCUT2D eigenvalue weighted by molar-refractivity contribution is 6.24. The molecule has 0 heterocycles. The van der Waals surface area contributed by atoms with E-state index in [0.29, 0.717) is 5.88 Å². The van der Waals surface area contributed by atoms with Crippen molar-refractivity contribution >= 4 is 23.2 Å². The Morgan fingerprint density at radius 3 is 2.80 bits per heavy atom. The van der Waals surface area contributed by atoms with Crippen molar-refractivity contribution in [3.8, 4) is 0 Å². The van der Waals surface area contributed by atoms with Crippen LogP contribution in [0.1, 0.15) is 26.2 Å². The first-order valence-corrected chi connectivity index (χ1v) is 4.48. The Bertz CT molecular complexity index is 147. The van der Waals surface area contributed by atoms with Gasteiger partial charge in [0.15, 0.2) is 0 Å². The second-order valence-corrected chi connectivity index (χ2v) is 4.30. The summed E-state index contributed by atoms with van der Waals surface area (Å²) >= 11 is 11.8. The van der Waals surface area contributed by atoms with E-state index < -0.39 is 0 Å². The first kappa shape index (κ1) is 8.42. The van der Waals surface area contributed by atoms with E-state index >= 15 is 0 Å². The second-order valence-electron chi connectivity index (χ2n) is 3.12. The minimum Gasteiger partial charge on any atom is -0.122 e. The van der Waals surface area contributed by atoms with E-state index in [9.17, 15) is 0 Å². The first-order valence-electron chi connectivity index (χ1n) is 3.57. The quantitative estimate of drug-likeness (QED) is 0.427. The first-order chi connectivity index (χ1) is 4.64. The van der Waals surface area contributed by atoms with Crippen molar-refractivity contribution in [3.05, 3.63) is 11.6 Å². The van der Waals surface area contributed by atoms with Crippen LogP contribution in [0.15, 0.2) is 11.6 Å². The third kappa shape index (κ3) is 2.17. The highest BCUT2D eigenvalue weighted by Gasteiger charge is 2.24. The molecule has 0 fully saturated rings. The van der Waals surface area contributed by atoms with Crippen LogP contribution in [0.25, 0.3) is 0 Å². The van der Waals surface area contributed by atoms with Crippen LogP contribution in [0.5, 0.6) is 0 Å². The molecule has 0 spiro atoms. The number of alkyl halides is 2. The van der Waals surface area contributed by atoms with Crippen LogP contribution in [0.4, 0.5) is 0 Å². The van der Waals surface area contributed by atoms with Crippen molar-refractivity contribution < 1.29 is 0 Å². The van der Waals surface area contributed by atoms with E-state index in [1.54, 1.807) is 0 Å². The summed E-state index contributed by atoms with van der Waals surface area (Å²) in [4.78, 5) is -0.0288. The molecule has 1 aliphatic rings. The van der Waals surface area contributed by atoms with E-state index in [2.05, 4.69) is 13.0 Å². The molecule has 10 heavy (non-hydrogen) atoms. The fraction of sp³-hybridized carbons (Fsp3) is 0.750. The Hall–Kier alpha value is 0.320. The van der Waals surface area contributed by atoms with Gasteiger partial charge in [0.25, 0.3) is 0 Å². The van der Waals surface area contributed by atoms with Crippen LogP contribution in [0.3, 0.4) is 0 Å². The van der Waals surface area contributed by atoms with Gasteiger partial charge in [-0.3, -0.25) is 0 Å². The molecule has 0 aliphatic heterocycles. The Labute approximate surface area is 72.2 Å². The summed E-state index contributed by atoms with van der Waals surface area (Å²) < 4.78 is 0. The summed E-state index contributed by atoms with van der Waals surface area (Å²) in [5, 5.41) is 0. The van der Waals surface area contributed by atoms with Gasteiger partial charge in [0.1, 0.15) is 0 Å². The summed E-state index contributed by atoms with van der Waals surface area (Å²) in [5.74, 6) is 0.641. The molecule has 0 bridgehead atoms. The largest absolute Gasteiger partial charge is 0.122 e. The molecule has 1 unspecified atom stereocenters. The van der Waals surface area contributed by atoms with E-state index in [1.807, 2.05) is 0 Å². The van der Waals surface area contributed by atoms with Crippen LogP contribution in [0.2, 0.25) is 0 Å². The van der Waals surface area contributed by atoms with Crippen molar-refractivity contribution in [2.75, 3.05) is 5.88 Å². The monoisotopic (exact) mass is 178 g/mol. The lowest BCUT2D eigenvalue weighted by Crippen LogP contribution is -2.20. The van der Waals surface area contributed by atoms with Crippen molar-refractivity contribution in [1.29, 1.82) is 0 Å². The zero-order chi connectivity index (χ0) is 7.61. The minimum atomic E-state index is -0.0288. The molecule has 0 nitrogen and oxygen atoms in total. The Kier molecular flexibility index (Phi) is 2.65. The maximum Gasteiger partial charge on any atom is 0.0459 e. The molecule has 0 saturated heterocycles.